The maximum Gasteiger partial charge on any atom is 0.189 e. The quantitative estimate of drug-likeness (QED) is 0.734. The number of methoxy groups -OCH3 is 2. The molecule has 1 aromatic carbocycles. The van der Waals surface area contributed by atoms with Crippen LogP contribution in [0.2, 0.25) is 0 Å². The van der Waals surface area contributed by atoms with Gasteiger partial charge in [0.1, 0.15) is 24.4 Å². The molecule has 0 N–H and O–H groups in total. The summed E-state index contributed by atoms with van der Waals surface area (Å²) in [6, 6.07) is 6.43. The minimum Gasteiger partial charge on any atom is -0.497 e. The van der Waals surface area contributed by atoms with Gasteiger partial charge in [-0.25, -0.2) is 9.67 Å². The van der Waals surface area contributed by atoms with Crippen molar-refractivity contribution in [1.82, 2.24) is 14.8 Å². The van der Waals surface area contributed by atoms with E-state index in [1.807, 2.05) is 0 Å². The van der Waals surface area contributed by atoms with Crippen molar-refractivity contribution >= 4 is 5.78 Å². The molecule has 0 radical (unpaired) electrons. The van der Waals surface area contributed by atoms with Gasteiger partial charge >= 0.3 is 0 Å². The van der Waals surface area contributed by atoms with Crippen LogP contribution in [0.4, 0.5) is 0 Å². The van der Waals surface area contributed by atoms with Crippen molar-refractivity contribution in [2.24, 2.45) is 0 Å². The van der Waals surface area contributed by atoms with Crippen molar-refractivity contribution in [1.29, 1.82) is 0 Å². The van der Waals surface area contributed by atoms with Crippen LogP contribution in [0.3, 0.4) is 0 Å². The summed E-state index contributed by atoms with van der Waals surface area (Å²) in [5.41, 5.74) is 0.582. The molecule has 6 heteroatoms. The third kappa shape index (κ3) is 2.97. The SMILES string of the molecule is COCC(C(=O)c1ccc(OC)cc1)n1cncn1. The lowest BCUT2D eigenvalue weighted by molar-refractivity contribution is 0.0804. The fraction of sp³-hybridized carbons (Fsp3) is 0.308. The zero-order valence-electron chi connectivity index (χ0n) is 10.8. The molecule has 2 rings (SSSR count). The van der Waals surface area contributed by atoms with Gasteiger partial charge in [-0.1, -0.05) is 0 Å². The van der Waals surface area contributed by atoms with Gasteiger partial charge in [0, 0.05) is 12.7 Å². The van der Waals surface area contributed by atoms with Crippen molar-refractivity contribution in [2.75, 3.05) is 20.8 Å². The van der Waals surface area contributed by atoms with Gasteiger partial charge in [-0.05, 0) is 24.3 Å². The predicted molar refractivity (Wildman–Crippen MR) is 68.3 cm³/mol. The average Bonchev–Trinajstić information content (AvgIpc) is 2.98. The zero-order chi connectivity index (χ0) is 13.7. The maximum atomic E-state index is 12.4. The highest BCUT2D eigenvalue weighted by atomic mass is 16.5. The molecule has 0 saturated carbocycles. The molecule has 100 valence electrons. The van der Waals surface area contributed by atoms with E-state index < -0.39 is 6.04 Å². The van der Waals surface area contributed by atoms with E-state index >= 15 is 0 Å². The minimum absolute atomic E-state index is 0.0741. The standard InChI is InChI=1S/C13H15N3O3/c1-18-7-12(16-9-14-8-15-16)13(17)10-3-5-11(19-2)6-4-10/h3-6,8-9,12H,7H2,1-2H3. The van der Waals surface area contributed by atoms with Gasteiger partial charge in [0.25, 0.3) is 0 Å². The van der Waals surface area contributed by atoms with E-state index in [4.69, 9.17) is 9.47 Å². The Kier molecular flexibility index (Phi) is 4.25. The van der Waals surface area contributed by atoms with E-state index in [0.29, 0.717) is 11.3 Å². The second-order valence-electron chi connectivity index (χ2n) is 3.94. The van der Waals surface area contributed by atoms with Crippen molar-refractivity contribution in [3.63, 3.8) is 0 Å². The monoisotopic (exact) mass is 261 g/mol. The first-order valence-electron chi connectivity index (χ1n) is 5.77. The van der Waals surface area contributed by atoms with Gasteiger partial charge < -0.3 is 9.47 Å². The van der Waals surface area contributed by atoms with Crippen LogP contribution >= 0.6 is 0 Å². The lowest BCUT2D eigenvalue weighted by Gasteiger charge is -2.15. The number of Topliss-reactive ketones (excluding diaryl/α,β-unsaturated/α-hetero) is 1. The third-order valence-corrected chi connectivity index (χ3v) is 2.76. The molecule has 1 atom stereocenters. The molecule has 6 nitrogen and oxygen atoms in total. The van der Waals surface area contributed by atoms with Gasteiger partial charge in [-0.2, -0.15) is 5.10 Å². The molecule has 0 bridgehead atoms. The largest absolute Gasteiger partial charge is 0.497 e. The molecular formula is C13H15N3O3. The summed E-state index contributed by atoms with van der Waals surface area (Å²) in [6.07, 6.45) is 2.90. The second-order valence-corrected chi connectivity index (χ2v) is 3.94. The van der Waals surface area contributed by atoms with E-state index in [2.05, 4.69) is 10.1 Å². The van der Waals surface area contributed by atoms with Crippen molar-refractivity contribution < 1.29 is 14.3 Å². The molecular weight excluding hydrogens is 246 g/mol. The van der Waals surface area contributed by atoms with Crippen LogP contribution in [-0.4, -0.2) is 41.4 Å². The lowest BCUT2D eigenvalue weighted by atomic mass is 10.0. The maximum absolute atomic E-state index is 12.4. The Labute approximate surface area is 111 Å². The van der Waals surface area contributed by atoms with Gasteiger partial charge in [-0.15, -0.1) is 0 Å². The number of carbonyl (C=O) groups is 1. The number of benzene rings is 1. The van der Waals surface area contributed by atoms with E-state index in [1.165, 1.54) is 17.3 Å². The first-order chi connectivity index (χ1) is 9.26. The van der Waals surface area contributed by atoms with Gasteiger partial charge in [0.15, 0.2) is 5.78 Å². The van der Waals surface area contributed by atoms with Crippen LogP contribution in [-0.2, 0) is 4.74 Å². The van der Waals surface area contributed by atoms with Crippen LogP contribution in [0.1, 0.15) is 16.4 Å². The molecule has 0 aliphatic carbocycles. The van der Waals surface area contributed by atoms with Crippen molar-refractivity contribution in [2.45, 2.75) is 6.04 Å². The molecule has 2 aromatic rings. The third-order valence-electron chi connectivity index (χ3n) is 2.76. The molecule has 1 aromatic heterocycles. The van der Waals surface area contributed by atoms with Crippen LogP contribution in [0.15, 0.2) is 36.9 Å². The van der Waals surface area contributed by atoms with Gasteiger partial charge in [0.05, 0.1) is 13.7 Å². The Bertz CT molecular complexity index is 523. The highest BCUT2D eigenvalue weighted by Crippen LogP contribution is 2.17. The Morgan fingerprint density at radius 1 is 1.32 bits per heavy atom. The van der Waals surface area contributed by atoms with Crippen LogP contribution in [0.5, 0.6) is 5.75 Å². The summed E-state index contributed by atoms with van der Waals surface area (Å²) >= 11 is 0. The number of aromatic nitrogens is 3. The first kappa shape index (κ1) is 13.2. The summed E-state index contributed by atoms with van der Waals surface area (Å²) in [6.45, 7) is 0.244. The number of carbonyl (C=O) groups excluding carboxylic acids is 1. The highest BCUT2D eigenvalue weighted by Gasteiger charge is 2.22. The Morgan fingerprint density at radius 3 is 2.58 bits per heavy atom. The summed E-state index contributed by atoms with van der Waals surface area (Å²) in [5.74, 6) is 0.635. The summed E-state index contributed by atoms with van der Waals surface area (Å²) in [7, 11) is 3.13. The van der Waals surface area contributed by atoms with Crippen molar-refractivity contribution in [3.05, 3.63) is 42.5 Å². The van der Waals surface area contributed by atoms with E-state index in [1.54, 1.807) is 38.5 Å². The summed E-state index contributed by atoms with van der Waals surface area (Å²) in [5, 5.41) is 4.00. The molecule has 0 saturated heterocycles. The van der Waals surface area contributed by atoms with E-state index in [0.717, 1.165) is 0 Å². The number of nitrogens with zero attached hydrogens (tertiary/aromatic N) is 3. The molecule has 0 aliphatic rings. The van der Waals surface area contributed by atoms with Gasteiger partial charge in [-0.3, -0.25) is 4.79 Å². The topological polar surface area (TPSA) is 66.2 Å². The highest BCUT2D eigenvalue weighted by molar-refractivity contribution is 5.99. The molecule has 1 heterocycles. The number of ether oxygens (including phenoxy) is 2. The molecule has 0 aliphatic heterocycles. The van der Waals surface area contributed by atoms with E-state index in [-0.39, 0.29) is 12.4 Å². The summed E-state index contributed by atoms with van der Waals surface area (Å²) in [4.78, 5) is 16.3. The number of hydrogen-bond acceptors (Lipinski definition) is 5. The molecule has 1 unspecified atom stereocenters. The lowest BCUT2D eigenvalue weighted by Crippen LogP contribution is -2.24. The smallest absolute Gasteiger partial charge is 0.189 e. The zero-order valence-corrected chi connectivity index (χ0v) is 10.8. The minimum atomic E-state index is -0.513. The Hall–Kier alpha value is -2.21. The average molecular weight is 261 g/mol. The predicted octanol–water partition coefficient (Wildman–Crippen LogP) is 1.36. The molecule has 0 amide bonds. The molecule has 0 fully saturated rings. The second kappa shape index (κ2) is 6.10. The fourth-order valence-electron chi connectivity index (χ4n) is 1.76. The molecule has 0 spiro atoms. The van der Waals surface area contributed by atoms with Crippen LogP contribution in [0, 0.1) is 0 Å². The Morgan fingerprint density at radius 2 is 2.05 bits per heavy atom. The number of rotatable bonds is 6. The summed E-state index contributed by atoms with van der Waals surface area (Å²) < 4.78 is 11.6. The van der Waals surface area contributed by atoms with Crippen LogP contribution in [0.25, 0.3) is 0 Å². The fourth-order valence-corrected chi connectivity index (χ4v) is 1.76. The Balaban J connectivity index is 2.23. The number of hydrogen-bond donors (Lipinski definition) is 0. The van der Waals surface area contributed by atoms with Crippen molar-refractivity contribution in [3.8, 4) is 5.75 Å². The van der Waals surface area contributed by atoms with Crippen LogP contribution < -0.4 is 4.74 Å². The molecule has 19 heavy (non-hydrogen) atoms. The van der Waals surface area contributed by atoms with E-state index in [9.17, 15) is 4.79 Å². The normalized spacial score (nSPS) is 12.1. The van der Waals surface area contributed by atoms with Gasteiger partial charge in [0.2, 0.25) is 0 Å². The number of ketones is 1. The first-order valence-corrected chi connectivity index (χ1v) is 5.77.